The van der Waals surface area contributed by atoms with E-state index in [-0.39, 0.29) is 6.61 Å². The van der Waals surface area contributed by atoms with Gasteiger partial charge in [0.15, 0.2) is 0 Å². The molecule has 0 aliphatic rings. The van der Waals surface area contributed by atoms with E-state index in [1.807, 2.05) is 36.7 Å². The Morgan fingerprint density at radius 2 is 1.73 bits per heavy atom. The van der Waals surface area contributed by atoms with Crippen LogP contribution in [0.15, 0.2) is 36.7 Å². The molecule has 0 saturated carbocycles. The molecule has 1 heterocycles. The summed E-state index contributed by atoms with van der Waals surface area (Å²) in [5, 5.41) is 11.8. The Balaban J connectivity index is 2.16. The second-order valence-electron chi connectivity index (χ2n) is 4.33. The second-order valence-corrected chi connectivity index (χ2v) is 4.33. The van der Waals surface area contributed by atoms with Gasteiger partial charge in [0.05, 0.1) is 18.0 Å². The Morgan fingerprint density at radius 3 is 2.20 bits per heavy atom. The maximum Gasteiger partial charge on any atom is 0.143 e. The number of fused-ring (bicyclic) bond motifs is 1. The summed E-state index contributed by atoms with van der Waals surface area (Å²) in [6.45, 7) is 3.71. The third kappa shape index (κ3) is 2.50. The monoisotopic (exact) mass is 205 g/mol. The molecule has 2 rings (SSSR count). The van der Waals surface area contributed by atoms with Gasteiger partial charge in [0, 0.05) is 10.8 Å². The average molecular weight is 205 g/mol. The summed E-state index contributed by atoms with van der Waals surface area (Å²) in [4.78, 5) is 5.42. The minimum absolute atomic E-state index is 0.272. The van der Waals surface area contributed by atoms with Gasteiger partial charge in [0.1, 0.15) is 6.61 Å². The first kappa shape index (κ1) is 10.1. The summed E-state index contributed by atoms with van der Waals surface area (Å²) in [5.41, 5.74) is -0.809. The number of aromatic nitrogens is 1. The van der Waals surface area contributed by atoms with Crippen LogP contribution in [0.3, 0.4) is 0 Å². The molecular formula is C12H15NO2. The molecule has 0 unspecified atom stereocenters. The van der Waals surface area contributed by atoms with Crippen LogP contribution in [-0.4, -0.2) is 22.0 Å². The molecular weight excluding hydrogens is 190 g/mol. The first-order valence-electron chi connectivity index (χ1n) is 4.97. The molecule has 0 amide bonds. The largest absolute Gasteiger partial charge is 0.411 e. The molecule has 80 valence electrons. The van der Waals surface area contributed by atoms with Crippen LogP contribution in [0.5, 0.6) is 0 Å². The maximum atomic E-state index is 9.52. The van der Waals surface area contributed by atoms with Crippen molar-refractivity contribution in [1.29, 1.82) is 0 Å². The predicted octanol–water partition coefficient (Wildman–Crippen LogP) is 1.84. The Morgan fingerprint density at radius 1 is 1.20 bits per heavy atom. The van der Waals surface area contributed by atoms with Crippen LogP contribution in [0.1, 0.15) is 13.8 Å². The van der Waals surface area contributed by atoms with E-state index in [0.717, 1.165) is 10.8 Å². The smallest absolute Gasteiger partial charge is 0.143 e. The number of hydrogen-bond donors (Lipinski definition) is 1. The highest BCUT2D eigenvalue weighted by atomic mass is 16.7. The maximum absolute atomic E-state index is 9.52. The minimum atomic E-state index is -0.809. The van der Waals surface area contributed by atoms with E-state index in [1.54, 1.807) is 18.6 Å². The van der Waals surface area contributed by atoms with Crippen LogP contribution >= 0.6 is 0 Å². The lowest BCUT2D eigenvalue weighted by atomic mass is 10.2. The van der Waals surface area contributed by atoms with Gasteiger partial charge in [-0.05, 0) is 13.8 Å². The Kier molecular flexibility index (Phi) is 2.40. The van der Waals surface area contributed by atoms with Gasteiger partial charge in [0.25, 0.3) is 0 Å². The van der Waals surface area contributed by atoms with Gasteiger partial charge in [-0.15, -0.1) is 0 Å². The van der Waals surface area contributed by atoms with Crippen molar-refractivity contribution in [2.24, 2.45) is 0 Å². The highest BCUT2D eigenvalue weighted by Gasteiger charge is 2.13. The van der Waals surface area contributed by atoms with Gasteiger partial charge in [-0.1, -0.05) is 24.3 Å². The van der Waals surface area contributed by atoms with Crippen molar-refractivity contribution in [2.45, 2.75) is 19.4 Å². The molecule has 0 atom stereocenters. The van der Waals surface area contributed by atoms with Gasteiger partial charge in [-0.3, -0.25) is 0 Å². The lowest BCUT2D eigenvalue weighted by Crippen LogP contribution is -2.31. The van der Waals surface area contributed by atoms with Crippen LogP contribution < -0.4 is 4.84 Å². The molecule has 0 bridgehead atoms. The summed E-state index contributed by atoms with van der Waals surface area (Å²) < 4.78 is 1.64. The number of nitrogens with zero attached hydrogens (tertiary/aromatic N) is 1. The molecule has 0 aliphatic carbocycles. The van der Waals surface area contributed by atoms with Crippen LogP contribution in [0, 0.1) is 0 Å². The summed E-state index contributed by atoms with van der Waals surface area (Å²) in [5.74, 6) is 0. The van der Waals surface area contributed by atoms with Crippen molar-refractivity contribution in [3.63, 3.8) is 0 Å². The number of aliphatic hydroxyl groups is 1. The molecule has 0 radical (unpaired) electrons. The summed E-state index contributed by atoms with van der Waals surface area (Å²) in [6.07, 6.45) is 3.81. The zero-order valence-corrected chi connectivity index (χ0v) is 8.97. The quantitative estimate of drug-likeness (QED) is 0.829. The zero-order valence-electron chi connectivity index (χ0n) is 8.97. The fourth-order valence-electron chi connectivity index (χ4n) is 1.36. The third-order valence-corrected chi connectivity index (χ3v) is 2.10. The van der Waals surface area contributed by atoms with E-state index >= 15 is 0 Å². The second kappa shape index (κ2) is 3.59. The van der Waals surface area contributed by atoms with Crippen LogP contribution in [0.4, 0.5) is 0 Å². The fourth-order valence-corrected chi connectivity index (χ4v) is 1.36. The van der Waals surface area contributed by atoms with Crippen molar-refractivity contribution in [1.82, 2.24) is 4.73 Å². The van der Waals surface area contributed by atoms with Crippen LogP contribution in [0.25, 0.3) is 10.8 Å². The normalized spacial score (nSPS) is 11.9. The molecule has 1 aromatic heterocycles. The molecule has 3 nitrogen and oxygen atoms in total. The first-order chi connectivity index (χ1) is 7.04. The Labute approximate surface area is 88.9 Å². The van der Waals surface area contributed by atoms with Gasteiger partial charge in [0.2, 0.25) is 0 Å². The molecule has 15 heavy (non-hydrogen) atoms. The van der Waals surface area contributed by atoms with Crippen molar-refractivity contribution in [3.8, 4) is 0 Å². The SMILES string of the molecule is CC(C)(O)COn1cc2ccccc2c1. The van der Waals surface area contributed by atoms with Gasteiger partial charge < -0.3 is 9.94 Å². The minimum Gasteiger partial charge on any atom is -0.411 e. The van der Waals surface area contributed by atoms with Crippen molar-refractivity contribution < 1.29 is 9.94 Å². The number of benzene rings is 1. The molecule has 1 aromatic carbocycles. The highest BCUT2D eigenvalue weighted by Crippen LogP contribution is 2.13. The molecule has 0 fully saturated rings. The molecule has 1 N–H and O–H groups in total. The van der Waals surface area contributed by atoms with Crippen LogP contribution in [-0.2, 0) is 0 Å². The molecule has 0 aliphatic heterocycles. The first-order valence-corrected chi connectivity index (χ1v) is 4.97. The Hall–Kier alpha value is -1.48. The number of rotatable bonds is 3. The van der Waals surface area contributed by atoms with Crippen LogP contribution in [0.2, 0.25) is 0 Å². The lowest BCUT2D eigenvalue weighted by molar-refractivity contribution is -0.0260. The number of hydrogen-bond acceptors (Lipinski definition) is 2. The van der Waals surface area contributed by atoms with Crippen molar-refractivity contribution in [2.75, 3.05) is 6.61 Å². The zero-order chi connectivity index (χ0) is 10.9. The summed E-state index contributed by atoms with van der Waals surface area (Å²) in [7, 11) is 0. The fraction of sp³-hybridized carbons (Fsp3) is 0.333. The summed E-state index contributed by atoms with van der Waals surface area (Å²) >= 11 is 0. The van der Waals surface area contributed by atoms with Crippen molar-refractivity contribution in [3.05, 3.63) is 36.7 Å². The van der Waals surface area contributed by atoms with E-state index in [1.165, 1.54) is 0 Å². The van der Waals surface area contributed by atoms with E-state index < -0.39 is 5.60 Å². The lowest BCUT2D eigenvalue weighted by Gasteiger charge is -2.17. The average Bonchev–Trinajstić information content (AvgIpc) is 2.56. The standard InChI is InChI=1S/C12H15NO2/c1-12(2,14)9-15-13-7-10-5-3-4-6-11(10)8-13/h3-8,14H,9H2,1-2H3. The highest BCUT2D eigenvalue weighted by molar-refractivity contribution is 5.81. The van der Waals surface area contributed by atoms with Gasteiger partial charge in [-0.2, -0.15) is 4.73 Å². The van der Waals surface area contributed by atoms with E-state index in [4.69, 9.17) is 4.84 Å². The Bertz CT molecular complexity index is 421. The molecule has 2 aromatic rings. The molecule has 3 heteroatoms. The third-order valence-electron chi connectivity index (χ3n) is 2.10. The summed E-state index contributed by atoms with van der Waals surface area (Å²) in [6, 6.07) is 8.03. The van der Waals surface area contributed by atoms with E-state index in [0.29, 0.717) is 0 Å². The van der Waals surface area contributed by atoms with Crippen molar-refractivity contribution >= 4 is 10.8 Å². The molecule has 0 saturated heterocycles. The molecule has 0 spiro atoms. The predicted molar refractivity (Wildman–Crippen MR) is 59.7 cm³/mol. The topological polar surface area (TPSA) is 34.4 Å². The van der Waals surface area contributed by atoms with E-state index in [2.05, 4.69) is 0 Å². The van der Waals surface area contributed by atoms with E-state index in [9.17, 15) is 5.11 Å². The van der Waals surface area contributed by atoms with Gasteiger partial charge in [-0.25, -0.2) is 0 Å². The van der Waals surface area contributed by atoms with Gasteiger partial charge >= 0.3 is 0 Å².